The first kappa shape index (κ1) is 21.3. The molecule has 1 amide bonds. The van der Waals surface area contributed by atoms with E-state index in [-0.39, 0.29) is 17.1 Å². The summed E-state index contributed by atoms with van der Waals surface area (Å²) in [6, 6.07) is 20.1. The molecular formula is C24H24N4OS2. The van der Waals surface area contributed by atoms with Crippen molar-refractivity contribution < 1.29 is 4.79 Å². The summed E-state index contributed by atoms with van der Waals surface area (Å²) in [4.78, 5) is 21.9. The van der Waals surface area contributed by atoms with Gasteiger partial charge in [-0.3, -0.25) is 9.36 Å². The van der Waals surface area contributed by atoms with Crippen molar-refractivity contribution >= 4 is 34.1 Å². The number of carbonyl (C=O) groups excluding carboxylic acids is 1. The lowest BCUT2D eigenvalue weighted by molar-refractivity contribution is -0.113. The minimum Gasteiger partial charge on any atom is -0.301 e. The molecule has 0 spiro atoms. The molecule has 7 heteroatoms. The van der Waals surface area contributed by atoms with E-state index in [0.717, 1.165) is 27.8 Å². The zero-order valence-corrected chi connectivity index (χ0v) is 19.3. The smallest absolute Gasteiger partial charge is 0.236 e. The van der Waals surface area contributed by atoms with Crippen LogP contribution in [0, 0.1) is 0 Å². The Hall–Kier alpha value is -2.90. The summed E-state index contributed by atoms with van der Waals surface area (Å²) in [6.07, 6.45) is 2.02. The number of hydrogen-bond acceptors (Lipinski definition) is 5. The summed E-state index contributed by atoms with van der Waals surface area (Å²) in [6.45, 7) is 6.33. The minimum absolute atomic E-state index is 0.0392. The van der Waals surface area contributed by atoms with Gasteiger partial charge in [0.1, 0.15) is 0 Å². The summed E-state index contributed by atoms with van der Waals surface area (Å²) < 4.78 is 2.03. The summed E-state index contributed by atoms with van der Waals surface area (Å²) in [5.41, 5.74) is 3.87. The van der Waals surface area contributed by atoms with Crippen LogP contribution in [0.4, 0.5) is 5.13 Å². The molecule has 31 heavy (non-hydrogen) atoms. The highest BCUT2D eigenvalue weighted by Crippen LogP contribution is 2.29. The van der Waals surface area contributed by atoms with Crippen LogP contribution in [0.15, 0.2) is 77.4 Å². The highest BCUT2D eigenvalue weighted by molar-refractivity contribution is 7.99. The molecule has 0 radical (unpaired) electrons. The average molecular weight is 449 g/mol. The molecule has 2 aromatic heterocycles. The number of imidazole rings is 1. The van der Waals surface area contributed by atoms with Crippen LogP contribution in [-0.2, 0) is 10.2 Å². The van der Waals surface area contributed by atoms with Gasteiger partial charge in [-0.25, -0.2) is 9.97 Å². The standard InChI is InChI=1S/C24H24N4OS2/c1-24(2,3)20-15-30-22(26-20)27-21(29)16-31-23-25-19(17-10-6-4-7-11-17)14-28(23)18-12-8-5-9-13-18/h4-15H,16H2,1-3H3,(H,26,27,29). The number of rotatable bonds is 6. The quantitative estimate of drug-likeness (QED) is 0.366. The van der Waals surface area contributed by atoms with Crippen molar-refractivity contribution in [3.63, 3.8) is 0 Å². The lowest BCUT2D eigenvalue weighted by Gasteiger charge is -2.14. The third kappa shape index (κ3) is 5.24. The van der Waals surface area contributed by atoms with Gasteiger partial charge in [0.05, 0.1) is 17.1 Å². The number of nitrogens with one attached hydrogen (secondary N) is 1. The summed E-state index contributed by atoms with van der Waals surface area (Å²) in [5, 5.41) is 6.31. The monoisotopic (exact) mass is 448 g/mol. The number of aromatic nitrogens is 3. The molecule has 0 aliphatic rings. The van der Waals surface area contributed by atoms with E-state index < -0.39 is 0 Å². The largest absolute Gasteiger partial charge is 0.301 e. The predicted octanol–water partition coefficient (Wildman–Crippen LogP) is 6.02. The van der Waals surface area contributed by atoms with Crippen LogP contribution in [0.1, 0.15) is 26.5 Å². The summed E-state index contributed by atoms with van der Waals surface area (Å²) in [5.74, 6) is 0.159. The Balaban J connectivity index is 1.51. The fraction of sp³-hybridized carbons (Fsp3) is 0.208. The molecule has 1 N–H and O–H groups in total. The fourth-order valence-corrected chi connectivity index (χ4v) is 4.69. The van der Waals surface area contributed by atoms with E-state index in [1.807, 2.05) is 76.8 Å². The maximum atomic E-state index is 12.6. The third-order valence-electron chi connectivity index (χ3n) is 4.63. The number of benzene rings is 2. The molecule has 4 aromatic rings. The molecule has 158 valence electrons. The van der Waals surface area contributed by atoms with E-state index in [0.29, 0.717) is 5.13 Å². The highest BCUT2D eigenvalue weighted by Gasteiger charge is 2.19. The van der Waals surface area contributed by atoms with Gasteiger partial charge in [0.25, 0.3) is 0 Å². The first-order chi connectivity index (χ1) is 14.9. The molecule has 0 aliphatic carbocycles. The lowest BCUT2D eigenvalue weighted by Crippen LogP contribution is -2.16. The van der Waals surface area contributed by atoms with E-state index in [1.54, 1.807) is 0 Å². The van der Waals surface area contributed by atoms with Gasteiger partial charge in [-0.05, 0) is 12.1 Å². The Morgan fingerprint density at radius 1 is 1.03 bits per heavy atom. The van der Waals surface area contributed by atoms with Crippen LogP contribution >= 0.6 is 23.1 Å². The van der Waals surface area contributed by atoms with E-state index in [2.05, 4.69) is 31.1 Å². The first-order valence-electron chi connectivity index (χ1n) is 9.99. The number of amides is 1. The maximum absolute atomic E-state index is 12.6. The van der Waals surface area contributed by atoms with Crippen LogP contribution in [0.2, 0.25) is 0 Å². The van der Waals surface area contributed by atoms with E-state index >= 15 is 0 Å². The molecule has 0 aliphatic heterocycles. The number of nitrogens with zero attached hydrogens (tertiary/aromatic N) is 3. The molecule has 0 unspecified atom stereocenters. The van der Waals surface area contributed by atoms with Crippen molar-refractivity contribution in [1.82, 2.24) is 14.5 Å². The summed E-state index contributed by atoms with van der Waals surface area (Å²) >= 11 is 2.87. The zero-order chi connectivity index (χ0) is 21.8. The van der Waals surface area contributed by atoms with Crippen molar-refractivity contribution in [2.45, 2.75) is 31.3 Å². The maximum Gasteiger partial charge on any atom is 0.236 e. The number of thioether (sulfide) groups is 1. The van der Waals surface area contributed by atoms with Crippen molar-refractivity contribution in [3.05, 3.63) is 77.9 Å². The molecule has 0 bridgehead atoms. The van der Waals surface area contributed by atoms with Crippen LogP contribution < -0.4 is 5.32 Å². The van der Waals surface area contributed by atoms with Gasteiger partial charge >= 0.3 is 0 Å². The molecule has 0 saturated carbocycles. The van der Waals surface area contributed by atoms with Crippen LogP contribution in [0.3, 0.4) is 0 Å². The van der Waals surface area contributed by atoms with Gasteiger partial charge in [0, 0.05) is 28.2 Å². The van der Waals surface area contributed by atoms with Crippen LogP contribution in [0.5, 0.6) is 0 Å². The van der Waals surface area contributed by atoms with Gasteiger partial charge in [0.15, 0.2) is 10.3 Å². The van der Waals surface area contributed by atoms with Crippen LogP contribution in [0.25, 0.3) is 16.9 Å². The van der Waals surface area contributed by atoms with Gasteiger partial charge in [0.2, 0.25) is 5.91 Å². The molecule has 4 rings (SSSR count). The van der Waals surface area contributed by atoms with Gasteiger partial charge < -0.3 is 5.32 Å². The van der Waals surface area contributed by atoms with Crippen LogP contribution in [-0.4, -0.2) is 26.2 Å². The molecule has 2 aromatic carbocycles. The Kier molecular flexibility index (Phi) is 6.25. The predicted molar refractivity (Wildman–Crippen MR) is 129 cm³/mol. The van der Waals surface area contributed by atoms with E-state index in [1.165, 1.54) is 23.1 Å². The number of hydrogen-bond donors (Lipinski definition) is 1. The molecule has 5 nitrogen and oxygen atoms in total. The molecule has 0 atom stereocenters. The third-order valence-corrected chi connectivity index (χ3v) is 6.34. The molecule has 0 fully saturated rings. The average Bonchev–Trinajstić information content (AvgIpc) is 3.41. The van der Waals surface area contributed by atoms with E-state index in [4.69, 9.17) is 4.98 Å². The zero-order valence-electron chi connectivity index (χ0n) is 17.7. The summed E-state index contributed by atoms with van der Waals surface area (Å²) in [7, 11) is 0. The Morgan fingerprint density at radius 3 is 2.35 bits per heavy atom. The SMILES string of the molecule is CC(C)(C)c1csc(NC(=O)CSc2nc(-c3ccccc3)cn2-c2ccccc2)n1. The normalized spacial score (nSPS) is 11.5. The van der Waals surface area contributed by atoms with Crippen molar-refractivity contribution in [2.24, 2.45) is 0 Å². The Morgan fingerprint density at radius 2 is 1.71 bits per heavy atom. The highest BCUT2D eigenvalue weighted by atomic mass is 32.2. The topological polar surface area (TPSA) is 59.8 Å². The Bertz CT molecular complexity index is 1160. The second-order valence-electron chi connectivity index (χ2n) is 8.11. The minimum atomic E-state index is -0.0938. The van der Waals surface area contributed by atoms with Crippen molar-refractivity contribution in [1.29, 1.82) is 0 Å². The molecular weight excluding hydrogens is 424 g/mol. The first-order valence-corrected chi connectivity index (χ1v) is 11.9. The van der Waals surface area contributed by atoms with E-state index in [9.17, 15) is 4.79 Å². The number of anilines is 1. The number of thiazole rings is 1. The second-order valence-corrected chi connectivity index (χ2v) is 9.91. The second kappa shape index (κ2) is 9.08. The van der Waals surface area contributed by atoms with Gasteiger partial charge in [-0.15, -0.1) is 11.3 Å². The van der Waals surface area contributed by atoms with Crippen molar-refractivity contribution in [3.8, 4) is 16.9 Å². The molecule has 2 heterocycles. The molecule has 0 saturated heterocycles. The van der Waals surface area contributed by atoms with Gasteiger partial charge in [-0.1, -0.05) is 81.1 Å². The Labute approximate surface area is 190 Å². The number of carbonyl (C=O) groups is 1. The fourth-order valence-electron chi connectivity index (χ4n) is 2.95. The van der Waals surface area contributed by atoms with Crippen molar-refractivity contribution in [2.75, 3.05) is 11.1 Å². The lowest BCUT2D eigenvalue weighted by atomic mass is 9.93. The number of para-hydroxylation sites is 1. The van der Waals surface area contributed by atoms with Gasteiger partial charge in [-0.2, -0.15) is 0 Å².